The number of H-pyrrole nitrogens is 1. The molecule has 0 saturated carbocycles. The van der Waals surface area contributed by atoms with Crippen molar-refractivity contribution in [2.45, 2.75) is 33.4 Å². The normalized spacial score (nSPS) is 11.3. The van der Waals surface area contributed by atoms with Gasteiger partial charge in [0.05, 0.1) is 12.8 Å². The van der Waals surface area contributed by atoms with Crippen molar-refractivity contribution < 1.29 is 13.7 Å². The van der Waals surface area contributed by atoms with E-state index in [-0.39, 0.29) is 24.0 Å². The third-order valence-electron chi connectivity index (χ3n) is 4.53. The summed E-state index contributed by atoms with van der Waals surface area (Å²) in [7, 11) is 1.61. The smallest absolute Gasteiger partial charge is 0.330 e. The second-order valence-electron chi connectivity index (χ2n) is 7.43. The molecule has 10 nitrogen and oxygen atoms in total. The average molecular weight is 417 g/mol. The van der Waals surface area contributed by atoms with Gasteiger partial charge < -0.3 is 24.3 Å². The number of anilines is 2. The van der Waals surface area contributed by atoms with Crippen LogP contribution in [0.15, 0.2) is 43.0 Å². The molecular formula is C20H27N5O5. The number of hydrogen-bond donors (Lipinski definition) is 2. The first-order valence-corrected chi connectivity index (χ1v) is 9.76. The number of aromatic nitrogens is 3. The summed E-state index contributed by atoms with van der Waals surface area (Å²) < 4.78 is 17.2. The molecule has 0 aliphatic rings. The quantitative estimate of drug-likeness (QED) is 0.479. The second-order valence-corrected chi connectivity index (χ2v) is 7.43. The average Bonchev–Trinajstić information content (AvgIpc) is 3.36. The molecule has 0 aromatic carbocycles. The SMILES string of the molecule is COCCCN(Cc1cc(-c2ccco2)on1)c1c(N)n(CC(C)C)c(=O)[nH]c1=O. The van der Waals surface area contributed by atoms with Crippen LogP contribution in [-0.4, -0.2) is 35.0 Å². The Kier molecular flexibility index (Phi) is 6.78. The van der Waals surface area contributed by atoms with Gasteiger partial charge in [-0.3, -0.25) is 14.3 Å². The summed E-state index contributed by atoms with van der Waals surface area (Å²) in [5, 5.41) is 4.08. The van der Waals surface area contributed by atoms with E-state index in [1.165, 1.54) is 4.57 Å². The van der Waals surface area contributed by atoms with Gasteiger partial charge in [-0.1, -0.05) is 19.0 Å². The van der Waals surface area contributed by atoms with Gasteiger partial charge in [-0.15, -0.1) is 0 Å². The molecule has 3 rings (SSSR count). The summed E-state index contributed by atoms with van der Waals surface area (Å²) in [5.41, 5.74) is 6.06. The van der Waals surface area contributed by atoms with Crippen LogP contribution in [-0.2, 0) is 17.8 Å². The van der Waals surface area contributed by atoms with Crippen molar-refractivity contribution in [2.24, 2.45) is 5.92 Å². The molecule has 0 atom stereocenters. The molecule has 162 valence electrons. The van der Waals surface area contributed by atoms with E-state index < -0.39 is 11.2 Å². The Labute approximate surface area is 173 Å². The minimum atomic E-state index is -0.537. The van der Waals surface area contributed by atoms with Gasteiger partial charge >= 0.3 is 5.69 Å². The molecule has 30 heavy (non-hydrogen) atoms. The fraction of sp³-hybridized carbons (Fsp3) is 0.450. The number of rotatable bonds is 10. The van der Waals surface area contributed by atoms with Crippen molar-refractivity contribution in [3.05, 3.63) is 51.0 Å². The highest BCUT2D eigenvalue weighted by Crippen LogP contribution is 2.24. The van der Waals surface area contributed by atoms with Gasteiger partial charge in [0, 0.05) is 32.9 Å². The maximum Gasteiger partial charge on any atom is 0.330 e. The lowest BCUT2D eigenvalue weighted by molar-refractivity contribution is 0.196. The minimum Gasteiger partial charge on any atom is -0.461 e. The number of aromatic amines is 1. The van der Waals surface area contributed by atoms with E-state index >= 15 is 0 Å². The molecule has 0 aliphatic carbocycles. The van der Waals surface area contributed by atoms with Crippen LogP contribution in [0.5, 0.6) is 0 Å². The molecule has 3 aromatic rings. The van der Waals surface area contributed by atoms with Crippen molar-refractivity contribution in [3.63, 3.8) is 0 Å². The number of nitrogen functional groups attached to an aromatic ring is 1. The number of ether oxygens (including phenoxy) is 1. The molecule has 0 amide bonds. The predicted octanol–water partition coefficient (Wildman–Crippen LogP) is 2.07. The Bertz CT molecular complexity index is 1060. The molecule has 10 heteroatoms. The molecule has 0 unspecified atom stereocenters. The summed E-state index contributed by atoms with van der Waals surface area (Å²) in [6.07, 6.45) is 2.20. The summed E-state index contributed by atoms with van der Waals surface area (Å²) in [6, 6.07) is 5.27. The van der Waals surface area contributed by atoms with Crippen LogP contribution in [0.3, 0.4) is 0 Å². The molecule has 0 spiro atoms. The van der Waals surface area contributed by atoms with Crippen molar-refractivity contribution in [1.82, 2.24) is 14.7 Å². The zero-order chi connectivity index (χ0) is 21.7. The van der Waals surface area contributed by atoms with Gasteiger partial charge in [-0.05, 0) is 24.5 Å². The number of nitrogens with two attached hydrogens (primary N) is 1. The third kappa shape index (κ3) is 4.82. The maximum absolute atomic E-state index is 12.7. The summed E-state index contributed by atoms with van der Waals surface area (Å²) >= 11 is 0. The van der Waals surface area contributed by atoms with Gasteiger partial charge in [-0.2, -0.15) is 0 Å². The van der Waals surface area contributed by atoms with Gasteiger partial charge in [0.15, 0.2) is 5.76 Å². The zero-order valence-corrected chi connectivity index (χ0v) is 17.4. The van der Waals surface area contributed by atoms with Crippen LogP contribution < -0.4 is 21.9 Å². The second kappa shape index (κ2) is 9.49. The lowest BCUT2D eigenvalue weighted by Gasteiger charge is -2.25. The Hall–Kier alpha value is -3.27. The largest absolute Gasteiger partial charge is 0.461 e. The number of methoxy groups -OCH3 is 1. The Morgan fingerprint density at radius 2 is 2.13 bits per heavy atom. The van der Waals surface area contributed by atoms with Crippen molar-refractivity contribution >= 4 is 11.5 Å². The number of nitrogens with one attached hydrogen (secondary N) is 1. The number of nitrogens with zero attached hydrogens (tertiary/aromatic N) is 3. The van der Waals surface area contributed by atoms with E-state index in [0.29, 0.717) is 43.3 Å². The Balaban J connectivity index is 1.96. The van der Waals surface area contributed by atoms with Crippen molar-refractivity contribution in [1.29, 1.82) is 0 Å². The highest BCUT2D eigenvalue weighted by molar-refractivity contribution is 5.62. The summed E-state index contributed by atoms with van der Waals surface area (Å²) in [5.74, 6) is 1.35. The maximum atomic E-state index is 12.7. The third-order valence-corrected chi connectivity index (χ3v) is 4.53. The number of furan rings is 1. The fourth-order valence-electron chi connectivity index (χ4n) is 3.22. The molecule has 0 fully saturated rings. The number of hydrogen-bond acceptors (Lipinski definition) is 8. The first-order valence-electron chi connectivity index (χ1n) is 9.76. The molecule has 3 aromatic heterocycles. The molecule has 3 heterocycles. The van der Waals surface area contributed by atoms with Crippen LogP contribution in [0.1, 0.15) is 26.0 Å². The predicted molar refractivity (Wildman–Crippen MR) is 112 cm³/mol. The van der Waals surface area contributed by atoms with Gasteiger partial charge in [0.1, 0.15) is 17.2 Å². The topological polar surface area (TPSA) is 133 Å². The monoisotopic (exact) mass is 417 g/mol. The molecule has 0 radical (unpaired) electrons. The van der Waals surface area contributed by atoms with Crippen LogP contribution >= 0.6 is 0 Å². The standard InChI is InChI=1S/C20H27N5O5/c1-13(2)11-25-18(21)17(19(26)22-20(25)27)24(7-5-8-28-3)12-14-10-16(30-23-14)15-6-4-9-29-15/h4,6,9-10,13H,5,7-8,11-12,21H2,1-3H3,(H,22,26,27). The van der Waals surface area contributed by atoms with Crippen molar-refractivity contribution in [2.75, 3.05) is 30.9 Å². The van der Waals surface area contributed by atoms with Gasteiger partial charge in [0.2, 0.25) is 5.76 Å². The fourth-order valence-corrected chi connectivity index (χ4v) is 3.22. The highest BCUT2D eigenvalue weighted by atomic mass is 16.5. The van der Waals surface area contributed by atoms with E-state index in [2.05, 4.69) is 10.1 Å². The molecular weight excluding hydrogens is 390 g/mol. The van der Waals surface area contributed by atoms with Crippen LogP contribution in [0.4, 0.5) is 11.5 Å². The molecule has 3 N–H and O–H groups in total. The minimum absolute atomic E-state index is 0.129. The summed E-state index contributed by atoms with van der Waals surface area (Å²) in [6.45, 7) is 5.59. The lowest BCUT2D eigenvalue weighted by Crippen LogP contribution is -2.39. The highest BCUT2D eigenvalue weighted by Gasteiger charge is 2.21. The van der Waals surface area contributed by atoms with E-state index in [9.17, 15) is 9.59 Å². The Morgan fingerprint density at radius 1 is 1.33 bits per heavy atom. The lowest BCUT2D eigenvalue weighted by atomic mass is 10.2. The van der Waals surface area contributed by atoms with E-state index in [1.54, 1.807) is 36.5 Å². The van der Waals surface area contributed by atoms with Gasteiger partial charge in [-0.25, -0.2) is 4.79 Å². The van der Waals surface area contributed by atoms with E-state index in [4.69, 9.17) is 19.4 Å². The van der Waals surface area contributed by atoms with Crippen LogP contribution in [0.2, 0.25) is 0 Å². The first kappa shape index (κ1) is 21.4. The zero-order valence-electron chi connectivity index (χ0n) is 17.4. The van der Waals surface area contributed by atoms with E-state index in [1.807, 2.05) is 13.8 Å². The first-order chi connectivity index (χ1) is 14.4. The molecule has 0 bridgehead atoms. The van der Waals surface area contributed by atoms with Crippen molar-refractivity contribution in [3.8, 4) is 11.5 Å². The summed E-state index contributed by atoms with van der Waals surface area (Å²) in [4.78, 5) is 29.1. The molecule has 0 saturated heterocycles. The van der Waals surface area contributed by atoms with Crippen LogP contribution in [0.25, 0.3) is 11.5 Å². The Morgan fingerprint density at radius 3 is 2.80 bits per heavy atom. The van der Waals surface area contributed by atoms with Gasteiger partial charge in [0.25, 0.3) is 5.56 Å². The van der Waals surface area contributed by atoms with Crippen LogP contribution in [0, 0.1) is 5.92 Å². The van der Waals surface area contributed by atoms with E-state index in [0.717, 1.165) is 0 Å². The molecule has 0 aliphatic heterocycles.